The second-order valence-electron chi connectivity index (χ2n) is 9.44. The van der Waals surface area contributed by atoms with Gasteiger partial charge in [0.15, 0.2) is 5.69 Å². The summed E-state index contributed by atoms with van der Waals surface area (Å²) >= 11 is 7.75. The van der Waals surface area contributed by atoms with Crippen LogP contribution in [0.25, 0.3) is 31.9 Å². The van der Waals surface area contributed by atoms with Gasteiger partial charge in [0.1, 0.15) is 10.7 Å². The number of amides is 2. The SMILES string of the molecule is Cn1nc(C(=O)NC[C@@H]2CCCN2C(=O)c2nc(-c3ccncc3)sc2-c2cccc(Cl)c2)c2ccccc21. The molecule has 0 aliphatic carbocycles. The van der Waals surface area contributed by atoms with E-state index in [9.17, 15) is 9.59 Å². The lowest BCUT2D eigenvalue weighted by Gasteiger charge is -2.24. The number of pyridine rings is 1. The van der Waals surface area contributed by atoms with Gasteiger partial charge in [-0.05, 0) is 48.7 Å². The van der Waals surface area contributed by atoms with Gasteiger partial charge in [-0.3, -0.25) is 19.3 Å². The summed E-state index contributed by atoms with van der Waals surface area (Å²) in [4.78, 5) is 38.6. The molecule has 196 valence electrons. The average molecular weight is 557 g/mol. The van der Waals surface area contributed by atoms with Crippen LogP contribution in [-0.4, -0.2) is 55.6 Å². The van der Waals surface area contributed by atoms with E-state index in [0.29, 0.717) is 29.5 Å². The van der Waals surface area contributed by atoms with Crippen LogP contribution in [0.5, 0.6) is 0 Å². The van der Waals surface area contributed by atoms with Crippen molar-refractivity contribution in [3.63, 3.8) is 0 Å². The molecule has 4 heterocycles. The van der Waals surface area contributed by atoms with Gasteiger partial charge in [-0.2, -0.15) is 5.10 Å². The van der Waals surface area contributed by atoms with E-state index in [-0.39, 0.29) is 17.9 Å². The molecular formula is C29H25ClN6O2S. The van der Waals surface area contributed by atoms with Crippen molar-refractivity contribution in [1.29, 1.82) is 0 Å². The van der Waals surface area contributed by atoms with Crippen LogP contribution >= 0.6 is 22.9 Å². The van der Waals surface area contributed by atoms with Crippen molar-refractivity contribution in [3.8, 4) is 21.0 Å². The number of nitrogens with zero attached hydrogens (tertiary/aromatic N) is 5. The number of carbonyl (C=O) groups is 2. The molecule has 2 aromatic carbocycles. The molecule has 0 spiro atoms. The Morgan fingerprint density at radius 2 is 1.87 bits per heavy atom. The zero-order chi connectivity index (χ0) is 26.9. The number of nitrogens with one attached hydrogen (secondary N) is 1. The van der Waals surface area contributed by atoms with E-state index in [2.05, 4.69) is 15.4 Å². The largest absolute Gasteiger partial charge is 0.349 e. The fourth-order valence-corrected chi connectivity index (χ4v) is 6.28. The Morgan fingerprint density at radius 1 is 1.05 bits per heavy atom. The number of hydrogen-bond acceptors (Lipinski definition) is 6. The number of para-hydroxylation sites is 1. The first-order valence-corrected chi connectivity index (χ1v) is 13.9. The lowest BCUT2D eigenvalue weighted by Crippen LogP contribution is -2.43. The molecule has 0 bridgehead atoms. The first kappa shape index (κ1) is 25.2. The van der Waals surface area contributed by atoms with Crippen LogP contribution in [0.4, 0.5) is 0 Å². The molecule has 8 nitrogen and oxygen atoms in total. The van der Waals surface area contributed by atoms with Gasteiger partial charge < -0.3 is 10.2 Å². The third kappa shape index (κ3) is 4.91. The quantitative estimate of drug-likeness (QED) is 0.300. The van der Waals surface area contributed by atoms with E-state index >= 15 is 0 Å². The van der Waals surface area contributed by atoms with Crippen molar-refractivity contribution in [1.82, 2.24) is 30.0 Å². The predicted molar refractivity (Wildman–Crippen MR) is 153 cm³/mol. The third-order valence-corrected chi connectivity index (χ3v) is 8.34. The molecule has 0 saturated carbocycles. The minimum atomic E-state index is -0.251. The minimum absolute atomic E-state index is 0.144. The van der Waals surface area contributed by atoms with Crippen molar-refractivity contribution in [3.05, 3.63) is 89.5 Å². The molecule has 1 fully saturated rings. The van der Waals surface area contributed by atoms with Gasteiger partial charge in [-0.25, -0.2) is 4.98 Å². The number of hydrogen-bond donors (Lipinski definition) is 1. The molecule has 1 N–H and O–H groups in total. The molecule has 1 saturated heterocycles. The van der Waals surface area contributed by atoms with Crippen LogP contribution in [-0.2, 0) is 7.05 Å². The first-order chi connectivity index (χ1) is 19.0. The monoisotopic (exact) mass is 556 g/mol. The molecule has 10 heteroatoms. The summed E-state index contributed by atoms with van der Waals surface area (Å²) in [6.07, 6.45) is 5.07. The van der Waals surface area contributed by atoms with Crippen molar-refractivity contribution in [2.75, 3.05) is 13.1 Å². The van der Waals surface area contributed by atoms with Gasteiger partial charge in [-0.1, -0.05) is 41.9 Å². The second-order valence-corrected chi connectivity index (χ2v) is 10.9. The molecule has 0 unspecified atom stereocenters. The molecule has 2 amide bonds. The van der Waals surface area contributed by atoms with E-state index in [1.807, 2.05) is 66.5 Å². The Balaban J connectivity index is 1.26. The van der Waals surface area contributed by atoms with Gasteiger partial charge >= 0.3 is 0 Å². The van der Waals surface area contributed by atoms with E-state index < -0.39 is 0 Å². The highest BCUT2D eigenvalue weighted by Crippen LogP contribution is 2.37. The number of aryl methyl sites for hydroxylation is 1. The molecule has 3 aromatic heterocycles. The standard InChI is InChI=1S/C29H25ClN6O2S/c1-35-23-10-3-2-9-22(23)24(34-35)27(37)32-17-21-8-5-15-36(21)29(38)25-26(19-6-4-7-20(30)16-19)39-28(33-25)18-11-13-31-14-12-18/h2-4,6-7,9-14,16,21H,5,8,15,17H2,1H3,(H,32,37)/t21-/m0/s1. The van der Waals surface area contributed by atoms with E-state index in [4.69, 9.17) is 16.6 Å². The van der Waals surface area contributed by atoms with Crippen molar-refractivity contribution < 1.29 is 9.59 Å². The summed E-state index contributed by atoms with van der Waals surface area (Å²) in [7, 11) is 1.82. The Morgan fingerprint density at radius 3 is 2.69 bits per heavy atom. The smallest absolute Gasteiger partial charge is 0.274 e. The number of thiazole rings is 1. The van der Waals surface area contributed by atoms with E-state index in [1.165, 1.54) is 11.3 Å². The van der Waals surface area contributed by atoms with Crippen LogP contribution in [0.1, 0.15) is 33.8 Å². The maximum Gasteiger partial charge on any atom is 0.274 e. The molecule has 1 aliphatic rings. The molecule has 5 aromatic rings. The Bertz CT molecular complexity index is 1680. The average Bonchev–Trinajstić information content (AvgIpc) is 3.70. The number of halogens is 1. The highest BCUT2D eigenvalue weighted by molar-refractivity contribution is 7.18. The lowest BCUT2D eigenvalue weighted by molar-refractivity contribution is 0.0721. The van der Waals surface area contributed by atoms with Crippen LogP contribution < -0.4 is 5.32 Å². The summed E-state index contributed by atoms with van der Waals surface area (Å²) in [6, 6.07) is 18.7. The molecule has 0 radical (unpaired) electrons. The molecule has 6 rings (SSSR count). The Labute approximate surface area is 234 Å². The number of benzene rings is 2. The maximum absolute atomic E-state index is 14.0. The Hall–Kier alpha value is -4.08. The normalized spacial score (nSPS) is 15.1. The van der Waals surface area contributed by atoms with Crippen molar-refractivity contribution in [2.45, 2.75) is 18.9 Å². The summed E-state index contributed by atoms with van der Waals surface area (Å²) in [5.41, 5.74) is 3.40. The topological polar surface area (TPSA) is 93.0 Å². The Kier molecular flexibility index (Phi) is 6.85. The van der Waals surface area contributed by atoms with E-state index in [0.717, 1.165) is 44.8 Å². The zero-order valence-corrected chi connectivity index (χ0v) is 22.7. The highest BCUT2D eigenvalue weighted by Gasteiger charge is 2.33. The van der Waals surface area contributed by atoms with Gasteiger partial charge in [0, 0.05) is 54.5 Å². The highest BCUT2D eigenvalue weighted by atomic mass is 35.5. The van der Waals surface area contributed by atoms with Crippen LogP contribution in [0.2, 0.25) is 5.02 Å². The molecule has 39 heavy (non-hydrogen) atoms. The number of carbonyl (C=O) groups excluding carboxylic acids is 2. The zero-order valence-electron chi connectivity index (χ0n) is 21.2. The van der Waals surface area contributed by atoms with Crippen molar-refractivity contribution in [2.24, 2.45) is 7.05 Å². The second kappa shape index (κ2) is 10.6. The molecular weight excluding hydrogens is 532 g/mol. The lowest BCUT2D eigenvalue weighted by atomic mass is 10.1. The van der Waals surface area contributed by atoms with Crippen LogP contribution in [0.3, 0.4) is 0 Å². The summed E-state index contributed by atoms with van der Waals surface area (Å²) < 4.78 is 1.70. The van der Waals surface area contributed by atoms with E-state index in [1.54, 1.807) is 23.1 Å². The predicted octanol–water partition coefficient (Wildman–Crippen LogP) is 5.45. The molecule has 1 aliphatic heterocycles. The van der Waals surface area contributed by atoms with Gasteiger partial charge in [0.25, 0.3) is 11.8 Å². The first-order valence-electron chi connectivity index (χ1n) is 12.7. The van der Waals surface area contributed by atoms with Gasteiger partial charge in [0.05, 0.1) is 10.4 Å². The molecule has 1 atom stereocenters. The number of likely N-dealkylation sites (tertiary alicyclic amines) is 1. The van der Waals surface area contributed by atoms with Crippen molar-refractivity contribution >= 4 is 45.7 Å². The minimum Gasteiger partial charge on any atom is -0.349 e. The van der Waals surface area contributed by atoms with Gasteiger partial charge in [0.2, 0.25) is 0 Å². The summed E-state index contributed by atoms with van der Waals surface area (Å²) in [5.74, 6) is -0.402. The van der Waals surface area contributed by atoms with Gasteiger partial charge in [-0.15, -0.1) is 11.3 Å². The number of rotatable bonds is 6. The third-order valence-electron chi connectivity index (χ3n) is 6.95. The number of fused-ring (bicyclic) bond motifs is 1. The summed E-state index contributed by atoms with van der Waals surface area (Å²) in [5, 5.41) is 9.57. The number of aromatic nitrogens is 4. The summed E-state index contributed by atoms with van der Waals surface area (Å²) in [6.45, 7) is 0.937. The van der Waals surface area contributed by atoms with Crippen LogP contribution in [0.15, 0.2) is 73.1 Å². The van der Waals surface area contributed by atoms with Crippen LogP contribution in [0, 0.1) is 0 Å². The fourth-order valence-electron chi connectivity index (χ4n) is 5.04. The fraction of sp³-hybridized carbons (Fsp3) is 0.207. The maximum atomic E-state index is 14.0.